The fraction of sp³-hybridized carbons (Fsp3) is 0. The van der Waals surface area contributed by atoms with E-state index in [0.29, 0.717) is 0 Å². The summed E-state index contributed by atoms with van der Waals surface area (Å²) in [5, 5.41) is 0. The van der Waals surface area contributed by atoms with Gasteiger partial charge in [0.2, 0.25) is 0 Å². The van der Waals surface area contributed by atoms with Gasteiger partial charge in [0, 0.05) is 0 Å². The fourth-order valence-electron chi connectivity index (χ4n) is 6.22. The molecule has 0 saturated heterocycles. The number of benzene rings is 6. The van der Waals surface area contributed by atoms with Gasteiger partial charge in [-0.15, -0.1) is 0 Å². The summed E-state index contributed by atoms with van der Waals surface area (Å²) in [6.45, 7) is 0. The third kappa shape index (κ3) is 3.75. The fourth-order valence-corrected chi connectivity index (χ4v) is 16.1. The van der Waals surface area contributed by atoms with Gasteiger partial charge < -0.3 is 0 Å². The predicted molar refractivity (Wildman–Crippen MR) is 167 cm³/mol. The van der Waals surface area contributed by atoms with Crippen LogP contribution in [0.25, 0.3) is 0 Å². The predicted octanol–water partition coefficient (Wildman–Crippen LogP) is 7.56. The molecule has 40 heavy (non-hydrogen) atoms. The van der Waals surface area contributed by atoms with E-state index in [-0.39, 0.29) is 0 Å². The molecule has 0 N–H and O–H groups in total. The molecular weight excluding hydrogens is 591 g/mol. The van der Waals surface area contributed by atoms with Crippen molar-refractivity contribution in [3.8, 4) is 11.5 Å². The third-order valence-corrected chi connectivity index (χ3v) is 17.5. The van der Waals surface area contributed by atoms with E-state index in [2.05, 4.69) is 161 Å². The molecule has 0 fully saturated rings. The van der Waals surface area contributed by atoms with Crippen LogP contribution in [0.4, 0.5) is 34.1 Å². The number of hydrogen-bond acceptors (Lipinski definition) is 3. The van der Waals surface area contributed by atoms with Crippen molar-refractivity contribution in [3.63, 3.8) is 0 Å². The molecule has 2 aliphatic rings. The second kappa shape index (κ2) is 9.65. The average Bonchev–Trinajstić information content (AvgIpc) is 3.02. The Kier molecular flexibility index (Phi) is 5.66. The molecule has 0 aromatic heterocycles. The van der Waals surface area contributed by atoms with Crippen LogP contribution in [0.2, 0.25) is 0 Å². The number of para-hydroxylation sites is 5. The minimum atomic E-state index is -2.76. The van der Waals surface area contributed by atoms with E-state index in [9.17, 15) is 0 Å². The zero-order valence-electron chi connectivity index (χ0n) is 21.8. The summed E-state index contributed by atoms with van der Waals surface area (Å²) in [6, 6.07) is 54.3. The Morgan fingerprint density at radius 2 is 1.05 bits per heavy atom. The van der Waals surface area contributed by atoms with Gasteiger partial charge in [-0.2, -0.15) is 0 Å². The summed E-state index contributed by atoms with van der Waals surface area (Å²) in [5.74, 6) is 1.99. The van der Waals surface area contributed by atoms with Crippen LogP contribution in [0.15, 0.2) is 152 Å². The number of anilines is 6. The molecule has 0 amide bonds. The summed E-state index contributed by atoms with van der Waals surface area (Å²) in [4.78, 5) is 4.77. The number of ether oxygens (including phenoxy) is 1. The van der Waals surface area contributed by atoms with Crippen molar-refractivity contribution in [3.05, 3.63) is 152 Å². The summed E-state index contributed by atoms with van der Waals surface area (Å²) >= 11 is -2.76. The van der Waals surface area contributed by atoms with Gasteiger partial charge in [-0.25, -0.2) is 0 Å². The van der Waals surface area contributed by atoms with Crippen LogP contribution in [-0.4, -0.2) is 21.4 Å². The summed E-state index contributed by atoms with van der Waals surface area (Å²) in [7, 11) is 0. The molecule has 188 valence electrons. The van der Waals surface area contributed by atoms with Gasteiger partial charge in [0.15, 0.2) is 0 Å². The SMILES string of the molecule is c1ccc(N(c2ccccc2)c2cc3[c]4c(c2)N(c2ccccc2)c2cccc[c]2[In]4[c]2ccccc2O3)cc1. The molecule has 6 aromatic carbocycles. The van der Waals surface area contributed by atoms with E-state index in [1.807, 2.05) is 0 Å². The minimum absolute atomic E-state index is 0.985. The van der Waals surface area contributed by atoms with Crippen molar-refractivity contribution < 1.29 is 4.74 Å². The zero-order valence-corrected chi connectivity index (χ0v) is 25.1. The number of rotatable bonds is 4. The molecule has 2 aliphatic heterocycles. The van der Waals surface area contributed by atoms with E-state index >= 15 is 0 Å². The van der Waals surface area contributed by atoms with Crippen molar-refractivity contribution in [1.29, 1.82) is 0 Å². The van der Waals surface area contributed by atoms with Crippen LogP contribution in [0, 0.1) is 0 Å². The standard InChI is InChI=1S/C36H25N2O.In/c1-6-16-29(17-7-1)37(30-18-8-2-9-19-30)33-26-34(28-36(27-33)39-35-24-14-5-15-25-35)38(31-20-10-3-11-21-31)32-22-12-4-13-23-32;/h1-22,24,26-27H;. The molecule has 8 rings (SSSR count). The Bertz CT molecular complexity index is 1800. The second-order valence-corrected chi connectivity index (χ2v) is 17.9. The van der Waals surface area contributed by atoms with Gasteiger partial charge in [-0.1, -0.05) is 0 Å². The molecule has 0 aliphatic carbocycles. The molecule has 4 heteroatoms. The molecule has 0 bridgehead atoms. The average molecular weight is 616 g/mol. The van der Waals surface area contributed by atoms with Crippen LogP contribution in [0.1, 0.15) is 0 Å². The molecular formula is C36H25InN2O. The molecule has 0 atom stereocenters. The summed E-state index contributed by atoms with van der Waals surface area (Å²) in [6.07, 6.45) is 0. The summed E-state index contributed by atoms with van der Waals surface area (Å²) in [5.41, 5.74) is 6.97. The molecule has 6 aromatic rings. The first-order chi connectivity index (χ1) is 19.9. The maximum atomic E-state index is 6.79. The van der Waals surface area contributed by atoms with Gasteiger partial charge in [0.25, 0.3) is 0 Å². The Morgan fingerprint density at radius 1 is 0.475 bits per heavy atom. The first-order valence-electron chi connectivity index (χ1n) is 13.7. The molecule has 0 spiro atoms. The van der Waals surface area contributed by atoms with E-state index in [1.54, 1.807) is 0 Å². The van der Waals surface area contributed by atoms with Crippen molar-refractivity contribution in [2.45, 2.75) is 0 Å². The first kappa shape index (κ1) is 23.5. The number of fused-ring (bicyclic) bond motifs is 4. The van der Waals surface area contributed by atoms with Crippen molar-refractivity contribution in [2.75, 3.05) is 9.80 Å². The van der Waals surface area contributed by atoms with Gasteiger partial charge in [-0.05, 0) is 0 Å². The van der Waals surface area contributed by atoms with Crippen molar-refractivity contribution in [1.82, 2.24) is 0 Å². The van der Waals surface area contributed by atoms with E-state index in [0.717, 1.165) is 34.2 Å². The summed E-state index contributed by atoms with van der Waals surface area (Å²) < 4.78 is 11.1. The van der Waals surface area contributed by atoms with Gasteiger partial charge in [-0.3, -0.25) is 0 Å². The van der Waals surface area contributed by atoms with Crippen molar-refractivity contribution >= 4 is 65.5 Å². The van der Waals surface area contributed by atoms with Gasteiger partial charge in [0.05, 0.1) is 0 Å². The quantitative estimate of drug-likeness (QED) is 0.203. The Morgan fingerprint density at radius 3 is 1.75 bits per heavy atom. The first-order valence-corrected chi connectivity index (χ1v) is 18.6. The Balaban J connectivity index is 1.44. The van der Waals surface area contributed by atoms with Crippen molar-refractivity contribution in [2.24, 2.45) is 0 Å². The van der Waals surface area contributed by atoms with E-state index in [4.69, 9.17) is 4.74 Å². The third-order valence-electron chi connectivity index (χ3n) is 7.87. The topological polar surface area (TPSA) is 15.7 Å². The maximum absolute atomic E-state index is 6.79. The molecule has 0 radical (unpaired) electrons. The monoisotopic (exact) mass is 616 g/mol. The van der Waals surface area contributed by atoms with Gasteiger partial charge >= 0.3 is 243 Å². The van der Waals surface area contributed by atoms with E-state index < -0.39 is 21.4 Å². The Labute approximate surface area is 242 Å². The van der Waals surface area contributed by atoms with Crippen LogP contribution in [0.3, 0.4) is 0 Å². The molecule has 2 heterocycles. The second-order valence-electron chi connectivity index (χ2n) is 10.2. The number of hydrogen-bond donors (Lipinski definition) is 0. The molecule has 0 saturated carbocycles. The molecule has 3 nitrogen and oxygen atoms in total. The zero-order chi connectivity index (χ0) is 26.5. The van der Waals surface area contributed by atoms with Crippen LogP contribution in [0.5, 0.6) is 11.5 Å². The van der Waals surface area contributed by atoms with Crippen LogP contribution >= 0.6 is 0 Å². The molecule has 0 unspecified atom stereocenters. The van der Waals surface area contributed by atoms with Gasteiger partial charge in [0.1, 0.15) is 0 Å². The Hall–Kier alpha value is -4.41. The van der Waals surface area contributed by atoms with E-state index in [1.165, 1.54) is 21.3 Å². The van der Waals surface area contributed by atoms with Crippen LogP contribution < -0.4 is 24.5 Å². The number of nitrogens with zero attached hydrogens (tertiary/aromatic N) is 2. The normalized spacial score (nSPS) is 12.6. The van der Waals surface area contributed by atoms with Crippen LogP contribution in [-0.2, 0) is 0 Å².